The van der Waals surface area contributed by atoms with Crippen molar-refractivity contribution in [2.45, 2.75) is 36.4 Å². The smallest absolute Gasteiger partial charge is 0.416 e. The lowest BCUT2D eigenvalue weighted by Crippen LogP contribution is -2.10. The summed E-state index contributed by atoms with van der Waals surface area (Å²) in [5.41, 5.74) is 2.59. The molecule has 4 nitrogen and oxygen atoms in total. The van der Waals surface area contributed by atoms with Gasteiger partial charge in [0.2, 0.25) is 0 Å². The third-order valence-corrected chi connectivity index (χ3v) is 6.63. The second-order valence-corrected chi connectivity index (χ2v) is 8.78. The Balaban J connectivity index is 1.66. The number of carboxylic acid groups (broad SMARTS) is 1. The zero-order valence-corrected chi connectivity index (χ0v) is 19.4. The van der Waals surface area contributed by atoms with Gasteiger partial charge < -0.3 is 15.2 Å². The van der Waals surface area contributed by atoms with E-state index in [9.17, 15) is 18.0 Å². The predicted octanol–water partition coefficient (Wildman–Crippen LogP) is 7.20. The first-order valence-electron chi connectivity index (χ1n) is 9.87. The fourth-order valence-corrected chi connectivity index (χ4v) is 4.30. The highest BCUT2D eigenvalue weighted by atomic mass is 35.5. The topological polar surface area (TPSA) is 58.6 Å². The Labute approximate surface area is 198 Å². The molecule has 0 spiro atoms. The maximum atomic E-state index is 12.7. The minimum absolute atomic E-state index is 0.402. The van der Waals surface area contributed by atoms with Crippen LogP contribution in [0.4, 0.5) is 18.9 Å². The van der Waals surface area contributed by atoms with Crippen LogP contribution in [-0.2, 0) is 17.5 Å². The number of hydrogen-bond acceptors (Lipinski definition) is 4. The third kappa shape index (κ3) is 6.58. The van der Waals surface area contributed by atoms with Gasteiger partial charge in [-0.25, -0.2) is 4.79 Å². The van der Waals surface area contributed by atoms with E-state index in [4.69, 9.17) is 21.4 Å². The Morgan fingerprint density at radius 1 is 1.03 bits per heavy atom. The maximum Gasteiger partial charge on any atom is 0.416 e. The summed E-state index contributed by atoms with van der Waals surface area (Å²) in [5.74, 6) is -0.514. The van der Waals surface area contributed by atoms with Gasteiger partial charge in [-0.15, -0.1) is 0 Å². The summed E-state index contributed by atoms with van der Waals surface area (Å²) in [5, 5.41) is 12.4. The summed E-state index contributed by atoms with van der Waals surface area (Å²) in [6.45, 7) is 3.81. The lowest BCUT2D eigenvalue weighted by Gasteiger charge is -2.14. The molecule has 0 unspecified atom stereocenters. The Hall–Kier alpha value is -2.84. The van der Waals surface area contributed by atoms with Crippen LogP contribution >= 0.6 is 23.4 Å². The van der Waals surface area contributed by atoms with E-state index in [1.165, 1.54) is 23.9 Å². The van der Waals surface area contributed by atoms with Gasteiger partial charge in [0.05, 0.1) is 10.6 Å². The largest absolute Gasteiger partial charge is 0.482 e. The summed E-state index contributed by atoms with van der Waals surface area (Å²) >= 11 is 7.96. The zero-order chi connectivity index (χ0) is 24.2. The molecular weight excluding hydrogens is 475 g/mol. The number of halogens is 4. The van der Waals surface area contributed by atoms with Gasteiger partial charge in [-0.1, -0.05) is 29.4 Å². The first-order chi connectivity index (χ1) is 15.5. The molecule has 0 radical (unpaired) electrons. The second kappa shape index (κ2) is 10.4. The summed E-state index contributed by atoms with van der Waals surface area (Å²) in [7, 11) is 0. The van der Waals surface area contributed by atoms with Crippen LogP contribution in [0.3, 0.4) is 0 Å². The van der Waals surface area contributed by atoms with Gasteiger partial charge in [-0.3, -0.25) is 0 Å². The number of benzene rings is 3. The van der Waals surface area contributed by atoms with Crippen molar-refractivity contribution in [2.75, 3.05) is 11.9 Å². The molecule has 9 heteroatoms. The molecule has 0 fully saturated rings. The summed E-state index contributed by atoms with van der Waals surface area (Å²) in [4.78, 5) is 12.5. The highest BCUT2D eigenvalue weighted by Crippen LogP contribution is 2.38. The molecule has 33 heavy (non-hydrogen) atoms. The van der Waals surface area contributed by atoms with Crippen molar-refractivity contribution in [2.24, 2.45) is 0 Å². The number of carbonyl (C=O) groups is 1. The van der Waals surface area contributed by atoms with Crippen LogP contribution in [-0.4, -0.2) is 17.7 Å². The Morgan fingerprint density at radius 3 is 2.30 bits per heavy atom. The fraction of sp³-hybridized carbons (Fsp3) is 0.208. The van der Waals surface area contributed by atoms with E-state index in [-0.39, 0.29) is 0 Å². The molecule has 0 atom stereocenters. The monoisotopic (exact) mass is 495 g/mol. The molecule has 0 saturated heterocycles. The van der Waals surface area contributed by atoms with E-state index in [0.717, 1.165) is 38.6 Å². The molecular formula is C24H21ClF3NO3S. The first-order valence-corrected chi connectivity index (χ1v) is 11.1. The predicted molar refractivity (Wildman–Crippen MR) is 123 cm³/mol. The first kappa shape index (κ1) is 24.8. The van der Waals surface area contributed by atoms with E-state index in [2.05, 4.69) is 5.32 Å². The van der Waals surface area contributed by atoms with Crippen molar-refractivity contribution in [3.05, 3.63) is 81.9 Å². The zero-order valence-electron chi connectivity index (χ0n) is 17.8. The lowest BCUT2D eigenvalue weighted by atomic mass is 10.1. The Morgan fingerprint density at radius 2 is 1.70 bits per heavy atom. The van der Waals surface area contributed by atoms with Gasteiger partial charge in [-0.2, -0.15) is 13.2 Å². The van der Waals surface area contributed by atoms with Crippen molar-refractivity contribution >= 4 is 35.0 Å². The summed E-state index contributed by atoms with van der Waals surface area (Å²) < 4.78 is 43.3. The van der Waals surface area contributed by atoms with Gasteiger partial charge in [0.1, 0.15) is 5.75 Å². The van der Waals surface area contributed by atoms with E-state index < -0.39 is 24.3 Å². The molecule has 3 aromatic carbocycles. The lowest BCUT2D eigenvalue weighted by molar-refractivity contribution is -0.139. The molecule has 3 aromatic rings. The van der Waals surface area contributed by atoms with E-state index in [0.29, 0.717) is 23.0 Å². The fourth-order valence-electron chi connectivity index (χ4n) is 3.01. The molecule has 3 rings (SSSR count). The van der Waals surface area contributed by atoms with Gasteiger partial charge in [0, 0.05) is 22.0 Å². The van der Waals surface area contributed by atoms with Crippen molar-refractivity contribution in [3.63, 3.8) is 0 Å². The number of nitrogens with one attached hydrogen (secondary N) is 1. The average Bonchev–Trinajstić information content (AvgIpc) is 2.76. The molecule has 2 N–H and O–H groups in total. The molecule has 0 aliphatic heterocycles. The number of anilines is 1. The summed E-state index contributed by atoms with van der Waals surface area (Å²) in [6, 6.07) is 14.1. The number of aliphatic carboxylic acids is 1. The molecule has 0 amide bonds. The number of alkyl halides is 3. The van der Waals surface area contributed by atoms with E-state index in [1.54, 1.807) is 6.07 Å². The summed E-state index contributed by atoms with van der Waals surface area (Å²) in [6.07, 6.45) is -4.36. The van der Waals surface area contributed by atoms with Crippen LogP contribution in [0.25, 0.3) is 0 Å². The van der Waals surface area contributed by atoms with Crippen LogP contribution < -0.4 is 10.1 Å². The van der Waals surface area contributed by atoms with Crippen molar-refractivity contribution in [1.29, 1.82) is 0 Å². The maximum absolute atomic E-state index is 12.7. The minimum atomic E-state index is -4.36. The van der Waals surface area contributed by atoms with Crippen molar-refractivity contribution in [3.8, 4) is 5.75 Å². The normalized spacial score (nSPS) is 11.3. The standard InChI is InChI=1S/C24H21ClF3NO3S/c1-14-15(2)21(10-8-20(14)32-13-23(30)31)33-22-9-3-16(11-19(22)25)12-29-18-6-4-17(5-7-18)24(26,27)28/h3-11,29H,12-13H2,1-2H3,(H,30,31). The molecule has 0 aliphatic carbocycles. The molecule has 0 aromatic heterocycles. The van der Waals surface area contributed by atoms with Crippen LogP contribution in [0.5, 0.6) is 5.75 Å². The molecule has 0 aliphatic rings. The molecule has 174 valence electrons. The van der Waals surface area contributed by atoms with Crippen molar-refractivity contribution < 1.29 is 27.8 Å². The quantitative estimate of drug-likeness (QED) is 0.346. The van der Waals surface area contributed by atoms with Crippen LogP contribution in [0, 0.1) is 13.8 Å². The number of hydrogen-bond donors (Lipinski definition) is 2. The molecule has 0 saturated carbocycles. The number of rotatable bonds is 8. The van der Waals surface area contributed by atoms with Gasteiger partial charge in [0.15, 0.2) is 6.61 Å². The molecule has 0 bridgehead atoms. The number of ether oxygens (including phenoxy) is 1. The SMILES string of the molecule is Cc1c(OCC(=O)O)ccc(Sc2ccc(CNc3ccc(C(F)(F)F)cc3)cc2Cl)c1C. The van der Waals surface area contributed by atoms with E-state index >= 15 is 0 Å². The van der Waals surface area contributed by atoms with Crippen molar-refractivity contribution in [1.82, 2.24) is 0 Å². The Kier molecular flexibility index (Phi) is 7.81. The number of carboxylic acids is 1. The van der Waals surface area contributed by atoms with Gasteiger partial charge >= 0.3 is 12.1 Å². The second-order valence-electron chi connectivity index (χ2n) is 7.29. The van der Waals surface area contributed by atoms with Crippen LogP contribution in [0.2, 0.25) is 5.02 Å². The van der Waals surface area contributed by atoms with Gasteiger partial charge in [0.25, 0.3) is 0 Å². The highest BCUT2D eigenvalue weighted by Gasteiger charge is 2.29. The average molecular weight is 496 g/mol. The highest BCUT2D eigenvalue weighted by molar-refractivity contribution is 7.99. The van der Waals surface area contributed by atoms with Gasteiger partial charge in [-0.05, 0) is 79.1 Å². The minimum Gasteiger partial charge on any atom is -0.482 e. The molecule has 0 heterocycles. The van der Waals surface area contributed by atoms with Crippen LogP contribution in [0.15, 0.2) is 64.4 Å². The van der Waals surface area contributed by atoms with Crippen LogP contribution in [0.1, 0.15) is 22.3 Å². The van der Waals surface area contributed by atoms with E-state index in [1.807, 2.05) is 38.1 Å². The Bertz CT molecular complexity index is 1150. The third-order valence-electron chi connectivity index (χ3n) is 4.96.